The number of nitrogens with zero attached hydrogens (tertiary/aromatic N) is 1. The second kappa shape index (κ2) is 7.17. The maximum Gasteiger partial charge on any atom is 0.263 e. The minimum absolute atomic E-state index is 0.0402. The predicted molar refractivity (Wildman–Crippen MR) is 79.3 cm³/mol. The lowest BCUT2D eigenvalue weighted by atomic mass is 10.2. The second-order valence-corrected chi connectivity index (χ2v) is 4.52. The van der Waals surface area contributed by atoms with Gasteiger partial charge in [0.25, 0.3) is 5.91 Å². The number of furan rings is 1. The fourth-order valence-electron chi connectivity index (χ4n) is 1.56. The van der Waals surface area contributed by atoms with Gasteiger partial charge in [-0.25, -0.2) is 0 Å². The molecule has 106 valence electrons. The van der Waals surface area contributed by atoms with Gasteiger partial charge in [0.2, 0.25) is 0 Å². The number of nitrogens with one attached hydrogen (secondary N) is 2. The first-order valence-electron chi connectivity index (χ1n) is 6.12. The lowest BCUT2D eigenvalue weighted by Gasteiger charge is -2.04. The van der Waals surface area contributed by atoms with E-state index in [1.807, 2.05) is 6.07 Å². The number of hydrogen-bond donors (Lipinski definition) is 2. The van der Waals surface area contributed by atoms with E-state index in [2.05, 4.69) is 10.6 Å². The van der Waals surface area contributed by atoms with Crippen molar-refractivity contribution < 1.29 is 9.21 Å². The molecule has 1 aromatic heterocycles. The van der Waals surface area contributed by atoms with E-state index in [0.29, 0.717) is 16.5 Å². The van der Waals surface area contributed by atoms with Crippen LogP contribution in [-0.2, 0) is 11.3 Å². The third kappa shape index (κ3) is 4.41. The van der Waals surface area contributed by atoms with E-state index < -0.39 is 5.91 Å². The molecule has 21 heavy (non-hydrogen) atoms. The molecule has 2 rings (SSSR count). The van der Waals surface area contributed by atoms with Crippen LogP contribution in [0.15, 0.2) is 58.9 Å². The number of hydrogen-bond acceptors (Lipinski definition) is 4. The Morgan fingerprint density at radius 3 is 2.90 bits per heavy atom. The number of halogens is 1. The maximum absolute atomic E-state index is 11.8. The number of rotatable bonds is 5. The SMILES string of the molecule is N#C/C(=C\Nc1cccc(Cl)c1)C(=O)NCc1ccco1. The first kappa shape index (κ1) is 14.7. The topological polar surface area (TPSA) is 78.1 Å². The maximum atomic E-state index is 11.8. The van der Waals surface area contributed by atoms with E-state index in [1.165, 1.54) is 12.5 Å². The number of carbonyl (C=O) groups excluding carboxylic acids is 1. The van der Waals surface area contributed by atoms with Crippen molar-refractivity contribution in [1.82, 2.24) is 5.32 Å². The third-order valence-corrected chi connectivity index (χ3v) is 2.81. The lowest BCUT2D eigenvalue weighted by Crippen LogP contribution is -2.24. The normalized spacial score (nSPS) is 10.8. The molecule has 6 heteroatoms. The molecule has 0 aliphatic carbocycles. The molecule has 2 N–H and O–H groups in total. The van der Waals surface area contributed by atoms with Crippen molar-refractivity contribution in [2.24, 2.45) is 0 Å². The molecule has 1 amide bonds. The van der Waals surface area contributed by atoms with Crippen molar-refractivity contribution >= 4 is 23.2 Å². The van der Waals surface area contributed by atoms with Crippen LogP contribution in [0, 0.1) is 11.3 Å². The molecule has 0 spiro atoms. The number of nitriles is 1. The van der Waals surface area contributed by atoms with Crippen LogP contribution in [0.4, 0.5) is 5.69 Å². The summed E-state index contributed by atoms with van der Waals surface area (Å²) in [7, 11) is 0. The van der Waals surface area contributed by atoms with E-state index in [9.17, 15) is 4.79 Å². The summed E-state index contributed by atoms with van der Waals surface area (Å²) in [5.74, 6) is 0.131. The third-order valence-electron chi connectivity index (χ3n) is 2.58. The van der Waals surface area contributed by atoms with Crippen LogP contribution in [0.2, 0.25) is 5.02 Å². The van der Waals surface area contributed by atoms with E-state index in [1.54, 1.807) is 36.4 Å². The number of benzene rings is 1. The zero-order chi connectivity index (χ0) is 15.1. The molecular weight excluding hydrogens is 290 g/mol. The zero-order valence-corrected chi connectivity index (χ0v) is 11.7. The Hall–Kier alpha value is -2.71. The quantitative estimate of drug-likeness (QED) is 0.657. The van der Waals surface area contributed by atoms with Crippen molar-refractivity contribution in [3.63, 3.8) is 0 Å². The molecule has 0 radical (unpaired) electrons. The van der Waals surface area contributed by atoms with E-state index in [-0.39, 0.29) is 12.1 Å². The largest absolute Gasteiger partial charge is 0.467 e. The Kier molecular flexibility index (Phi) is 5.02. The van der Waals surface area contributed by atoms with Gasteiger partial charge < -0.3 is 15.1 Å². The Bertz CT molecular complexity index is 687. The molecule has 5 nitrogen and oxygen atoms in total. The van der Waals surface area contributed by atoms with Gasteiger partial charge in [-0.2, -0.15) is 5.26 Å². The standard InChI is InChI=1S/C15H12ClN3O2/c16-12-3-1-4-13(7-12)18-9-11(8-17)15(20)19-10-14-5-2-6-21-14/h1-7,9,18H,10H2,(H,19,20)/b11-9+. The highest BCUT2D eigenvalue weighted by Gasteiger charge is 2.09. The molecule has 1 aromatic carbocycles. The summed E-state index contributed by atoms with van der Waals surface area (Å²) >= 11 is 5.85. The molecular formula is C15H12ClN3O2. The fraction of sp³-hybridized carbons (Fsp3) is 0.0667. The first-order chi connectivity index (χ1) is 10.2. The van der Waals surface area contributed by atoms with Gasteiger partial charge >= 0.3 is 0 Å². The molecule has 0 saturated carbocycles. The molecule has 0 fully saturated rings. The predicted octanol–water partition coefficient (Wildman–Crippen LogP) is 3.07. The smallest absolute Gasteiger partial charge is 0.263 e. The molecule has 0 bridgehead atoms. The van der Waals surface area contributed by atoms with Crippen molar-refractivity contribution in [1.29, 1.82) is 5.26 Å². The van der Waals surface area contributed by atoms with Crippen molar-refractivity contribution in [3.05, 3.63) is 65.2 Å². The van der Waals surface area contributed by atoms with Gasteiger partial charge in [0.1, 0.15) is 17.4 Å². The Morgan fingerprint density at radius 1 is 1.38 bits per heavy atom. The van der Waals surface area contributed by atoms with Gasteiger partial charge in [0.15, 0.2) is 0 Å². The Labute approximate surface area is 126 Å². The monoisotopic (exact) mass is 301 g/mol. The van der Waals surface area contributed by atoms with Crippen LogP contribution in [0.5, 0.6) is 0 Å². The number of carbonyl (C=O) groups is 1. The van der Waals surface area contributed by atoms with Crippen LogP contribution < -0.4 is 10.6 Å². The van der Waals surface area contributed by atoms with E-state index in [4.69, 9.17) is 21.3 Å². The number of anilines is 1. The highest BCUT2D eigenvalue weighted by molar-refractivity contribution is 6.30. The Morgan fingerprint density at radius 2 is 2.24 bits per heavy atom. The molecule has 0 atom stereocenters. The summed E-state index contributed by atoms with van der Waals surface area (Å²) in [6, 6.07) is 12.3. The Balaban J connectivity index is 1.96. The molecule has 2 aromatic rings. The van der Waals surface area contributed by atoms with Crippen LogP contribution in [0.25, 0.3) is 0 Å². The average Bonchev–Trinajstić information content (AvgIpc) is 2.99. The van der Waals surface area contributed by atoms with Crippen LogP contribution in [0.1, 0.15) is 5.76 Å². The van der Waals surface area contributed by atoms with Crippen molar-refractivity contribution in [2.75, 3.05) is 5.32 Å². The number of amides is 1. The summed E-state index contributed by atoms with van der Waals surface area (Å²) in [4.78, 5) is 11.8. The lowest BCUT2D eigenvalue weighted by molar-refractivity contribution is -0.117. The average molecular weight is 302 g/mol. The zero-order valence-electron chi connectivity index (χ0n) is 11.0. The minimum atomic E-state index is -0.483. The van der Waals surface area contributed by atoms with Crippen LogP contribution in [-0.4, -0.2) is 5.91 Å². The highest BCUT2D eigenvalue weighted by atomic mass is 35.5. The molecule has 0 aliphatic heterocycles. The fourth-order valence-corrected chi connectivity index (χ4v) is 1.75. The van der Waals surface area contributed by atoms with Gasteiger partial charge in [-0.05, 0) is 30.3 Å². The van der Waals surface area contributed by atoms with Gasteiger partial charge in [0, 0.05) is 16.9 Å². The first-order valence-corrected chi connectivity index (χ1v) is 6.50. The van der Waals surface area contributed by atoms with E-state index >= 15 is 0 Å². The summed E-state index contributed by atoms with van der Waals surface area (Å²) in [5.41, 5.74) is 0.649. The summed E-state index contributed by atoms with van der Waals surface area (Å²) in [6.45, 7) is 0.224. The van der Waals surface area contributed by atoms with Gasteiger partial charge in [0.05, 0.1) is 12.8 Å². The second-order valence-electron chi connectivity index (χ2n) is 4.09. The van der Waals surface area contributed by atoms with Crippen LogP contribution in [0.3, 0.4) is 0 Å². The minimum Gasteiger partial charge on any atom is -0.467 e. The van der Waals surface area contributed by atoms with Gasteiger partial charge in [-0.1, -0.05) is 17.7 Å². The molecule has 1 heterocycles. The van der Waals surface area contributed by atoms with Crippen molar-refractivity contribution in [2.45, 2.75) is 6.54 Å². The molecule has 0 aliphatic rings. The van der Waals surface area contributed by atoms with Gasteiger partial charge in [-0.3, -0.25) is 4.79 Å². The molecule has 0 unspecified atom stereocenters. The highest BCUT2D eigenvalue weighted by Crippen LogP contribution is 2.15. The van der Waals surface area contributed by atoms with Crippen molar-refractivity contribution in [3.8, 4) is 6.07 Å². The summed E-state index contributed by atoms with van der Waals surface area (Å²) in [5, 5.41) is 15.0. The molecule has 0 saturated heterocycles. The summed E-state index contributed by atoms with van der Waals surface area (Å²) in [6.07, 6.45) is 2.85. The van der Waals surface area contributed by atoms with Gasteiger partial charge in [-0.15, -0.1) is 0 Å². The van der Waals surface area contributed by atoms with Crippen LogP contribution >= 0.6 is 11.6 Å². The summed E-state index contributed by atoms with van der Waals surface area (Å²) < 4.78 is 5.09. The van der Waals surface area contributed by atoms with E-state index in [0.717, 1.165) is 0 Å².